The number of rotatable bonds is 10. The van der Waals surface area contributed by atoms with Crippen LogP contribution in [0, 0.1) is 5.92 Å². The Morgan fingerprint density at radius 3 is 2.35 bits per heavy atom. The third-order valence-electron chi connectivity index (χ3n) is 4.14. The number of hydrogen-bond donors (Lipinski definition) is 2. The predicted octanol–water partition coefficient (Wildman–Crippen LogP) is 3.50. The monoisotopic (exact) mass is 283 g/mol. The maximum absolute atomic E-state index is 11.7. The molecule has 4 heteroatoms. The van der Waals surface area contributed by atoms with Crippen LogP contribution in [0.1, 0.15) is 77.0 Å². The maximum atomic E-state index is 11.7. The van der Waals surface area contributed by atoms with Crippen molar-refractivity contribution in [1.29, 1.82) is 0 Å². The highest BCUT2D eigenvalue weighted by molar-refractivity contribution is 5.75. The van der Waals surface area contributed by atoms with Crippen LogP contribution in [-0.2, 0) is 9.59 Å². The number of carboxylic acid groups (broad SMARTS) is 1. The SMILES string of the molecule is O=C(O)CCCCCCNC(=O)CCC1CCCCC1. The Balaban J connectivity index is 1.88. The first kappa shape index (κ1) is 17.0. The summed E-state index contributed by atoms with van der Waals surface area (Å²) in [6.07, 6.45) is 12.2. The molecule has 0 aliphatic heterocycles. The number of aliphatic carboxylic acids is 1. The van der Waals surface area contributed by atoms with Crippen LogP contribution in [0.5, 0.6) is 0 Å². The summed E-state index contributed by atoms with van der Waals surface area (Å²) in [5, 5.41) is 11.5. The number of hydrogen-bond acceptors (Lipinski definition) is 2. The average molecular weight is 283 g/mol. The lowest BCUT2D eigenvalue weighted by atomic mass is 9.86. The van der Waals surface area contributed by atoms with Crippen molar-refractivity contribution in [3.63, 3.8) is 0 Å². The molecule has 20 heavy (non-hydrogen) atoms. The molecule has 1 saturated carbocycles. The molecular formula is C16H29NO3. The normalized spacial score (nSPS) is 16.0. The van der Waals surface area contributed by atoms with Crippen molar-refractivity contribution in [2.45, 2.75) is 77.0 Å². The molecule has 0 bridgehead atoms. The lowest BCUT2D eigenvalue weighted by molar-refractivity contribution is -0.137. The summed E-state index contributed by atoms with van der Waals surface area (Å²) in [6.45, 7) is 0.733. The van der Waals surface area contributed by atoms with Gasteiger partial charge >= 0.3 is 5.97 Å². The summed E-state index contributed by atoms with van der Waals surface area (Å²) >= 11 is 0. The van der Waals surface area contributed by atoms with Gasteiger partial charge in [0.2, 0.25) is 5.91 Å². The van der Waals surface area contributed by atoms with E-state index < -0.39 is 5.97 Å². The van der Waals surface area contributed by atoms with Crippen molar-refractivity contribution in [2.75, 3.05) is 6.54 Å². The van der Waals surface area contributed by atoms with Gasteiger partial charge in [0.25, 0.3) is 0 Å². The summed E-state index contributed by atoms with van der Waals surface area (Å²) in [5.74, 6) is 0.229. The molecule has 1 aliphatic rings. The van der Waals surface area contributed by atoms with Crippen molar-refractivity contribution in [1.82, 2.24) is 5.32 Å². The molecule has 0 spiro atoms. The number of amides is 1. The van der Waals surface area contributed by atoms with Gasteiger partial charge in [-0.1, -0.05) is 44.9 Å². The fourth-order valence-corrected chi connectivity index (χ4v) is 2.88. The van der Waals surface area contributed by atoms with Crippen LogP contribution in [0.15, 0.2) is 0 Å². The fraction of sp³-hybridized carbons (Fsp3) is 0.875. The van der Waals surface area contributed by atoms with Gasteiger partial charge in [0.05, 0.1) is 0 Å². The predicted molar refractivity (Wildman–Crippen MR) is 79.5 cm³/mol. The smallest absolute Gasteiger partial charge is 0.303 e. The molecule has 0 aromatic heterocycles. The van der Waals surface area contributed by atoms with E-state index in [-0.39, 0.29) is 12.3 Å². The Morgan fingerprint density at radius 2 is 1.65 bits per heavy atom. The minimum atomic E-state index is -0.721. The first-order valence-electron chi connectivity index (χ1n) is 8.17. The quantitative estimate of drug-likeness (QED) is 0.603. The summed E-state index contributed by atoms with van der Waals surface area (Å²) in [5.41, 5.74) is 0. The zero-order valence-electron chi connectivity index (χ0n) is 12.5. The third-order valence-corrected chi connectivity index (χ3v) is 4.14. The van der Waals surface area contributed by atoms with Gasteiger partial charge in [-0.05, 0) is 25.2 Å². The van der Waals surface area contributed by atoms with E-state index in [2.05, 4.69) is 5.32 Å². The van der Waals surface area contributed by atoms with E-state index in [4.69, 9.17) is 5.11 Å². The highest BCUT2D eigenvalue weighted by Gasteiger charge is 2.14. The molecule has 0 aromatic carbocycles. The Kier molecular flexibility index (Phi) is 9.09. The number of unbranched alkanes of at least 4 members (excludes halogenated alkanes) is 3. The molecule has 1 rings (SSSR count). The molecule has 0 heterocycles. The second-order valence-electron chi connectivity index (χ2n) is 5.95. The minimum Gasteiger partial charge on any atom is -0.481 e. The highest BCUT2D eigenvalue weighted by Crippen LogP contribution is 2.27. The lowest BCUT2D eigenvalue weighted by Crippen LogP contribution is -2.25. The lowest BCUT2D eigenvalue weighted by Gasteiger charge is -2.20. The Labute approximate surface area is 122 Å². The molecule has 4 nitrogen and oxygen atoms in total. The molecule has 1 amide bonds. The fourth-order valence-electron chi connectivity index (χ4n) is 2.88. The van der Waals surface area contributed by atoms with Crippen LogP contribution in [-0.4, -0.2) is 23.5 Å². The largest absolute Gasteiger partial charge is 0.481 e. The molecular weight excluding hydrogens is 254 g/mol. The van der Waals surface area contributed by atoms with E-state index in [1.165, 1.54) is 32.1 Å². The zero-order chi connectivity index (χ0) is 14.6. The Morgan fingerprint density at radius 1 is 0.950 bits per heavy atom. The molecule has 0 saturated heterocycles. The highest BCUT2D eigenvalue weighted by atomic mass is 16.4. The number of carbonyl (C=O) groups excluding carboxylic acids is 1. The first-order chi connectivity index (χ1) is 9.68. The van der Waals surface area contributed by atoms with Gasteiger partial charge < -0.3 is 10.4 Å². The van der Waals surface area contributed by atoms with Crippen molar-refractivity contribution in [2.24, 2.45) is 5.92 Å². The summed E-state index contributed by atoms with van der Waals surface area (Å²) in [7, 11) is 0. The van der Waals surface area contributed by atoms with E-state index in [0.29, 0.717) is 6.42 Å². The topological polar surface area (TPSA) is 66.4 Å². The number of carboxylic acids is 1. The van der Waals surface area contributed by atoms with E-state index in [9.17, 15) is 9.59 Å². The average Bonchev–Trinajstić information content (AvgIpc) is 2.45. The second-order valence-corrected chi connectivity index (χ2v) is 5.95. The van der Waals surface area contributed by atoms with Crippen molar-refractivity contribution in [3.8, 4) is 0 Å². The van der Waals surface area contributed by atoms with E-state index >= 15 is 0 Å². The van der Waals surface area contributed by atoms with Crippen molar-refractivity contribution >= 4 is 11.9 Å². The molecule has 0 aromatic rings. The summed E-state index contributed by atoms with van der Waals surface area (Å²) in [6, 6.07) is 0. The third kappa shape index (κ3) is 8.94. The molecule has 0 radical (unpaired) electrons. The van der Waals surface area contributed by atoms with Gasteiger partial charge in [0, 0.05) is 19.4 Å². The van der Waals surface area contributed by atoms with Crippen molar-refractivity contribution in [3.05, 3.63) is 0 Å². The molecule has 0 unspecified atom stereocenters. The van der Waals surface area contributed by atoms with Gasteiger partial charge in [-0.3, -0.25) is 9.59 Å². The Hall–Kier alpha value is -1.06. The molecule has 1 fully saturated rings. The van der Waals surface area contributed by atoms with Gasteiger partial charge in [0.15, 0.2) is 0 Å². The molecule has 1 aliphatic carbocycles. The van der Waals surface area contributed by atoms with Crippen LogP contribution < -0.4 is 5.32 Å². The molecule has 0 atom stereocenters. The van der Waals surface area contributed by atoms with E-state index in [1.807, 2.05) is 0 Å². The van der Waals surface area contributed by atoms with Gasteiger partial charge in [-0.15, -0.1) is 0 Å². The van der Waals surface area contributed by atoms with Crippen LogP contribution in [0.4, 0.5) is 0 Å². The van der Waals surface area contributed by atoms with Crippen molar-refractivity contribution < 1.29 is 14.7 Å². The number of carbonyl (C=O) groups is 2. The Bertz CT molecular complexity index is 285. The van der Waals surface area contributed by atoms with Gasteiger partial charge in [-0.25, -0.2) is 0 Å². The van der Waals surface area contributed by atoms with Gasteiger partial charge in [0.1, 0.15) is 0 Å². The van der Waals surface area contributed by atoms with E-state index in [1.54, 1.807) is 0 Å². The zero-order valence-corrected chi connectivity index (χ0v) is 12.5. The summed E-state index contributed by atoms with van der Waals surface area (Å²) in [4.78, 5) is 22.0. The van der Waals surface area contributed by atoms with Crippen LogP contribution in [0.2, 0.25) is 0 Å². The van der Waals surface area contributed by atoms with Crippen LogP contribution >= 0.6 is 0 Å². The molecule has 116 valence electrons. The minimum absolute atomic E-state index is 0.182. The standard InChI is InChI=1S/C16H29NO3/c18-15(12-11-14-8-4-3-5-9-14)17-13-7-2-1-6-10-16(19)20/h14H,1-13H2,(H,17,18)(H,19,20). The van der Waals surface area contributed by atoms with E-state index in [0.717, 1.165) is 44.6 Å². The van der Waals surface area contributed by atoms with Gasteiger partial charge in [-0.2, -0.15) is 0 Å². The van der Waals surface area contributed by atoms with Crippen LogP contribution in [0.3, 0.4) is 0 Å². The summed E-state index contributed by atoms with van der Waals surface area (Å²) < 4.78 is 0. The number of nitrogens with one attached hydrogen (secondary N) is 1. The first-order valence-corrected chi connectivity index (χ1v) is 8.17. The molecule has 2 N–H and O–H groups in total. The van der Waals surface area contributed by atoms with Crippen LogP contribution in [0.25, 0.3) is 0 Å². The second kappa shape index (κ2) is 10.7. The maximum Gasteiger partial charge on any atom is 0.303 e.